The number of nitrogens with one attached hydrogen (secondary N) is 1. The molecule has 1 aliphatic heterocycles. The SMILES string of the molecule is O=C(CSc1nc2ccccc2c(=O)n1CC1CCCO1)Nc1ccccc1F. The summed E-state index contributed by atoms with van der Waals surface area (Å²) in [4.78, 5) is 29.9. The van der Waals surface area contributed by atoms with E-state index < -0.39 is 5.82 Å². The molecule has 3 aromatic rings. The summed E-state index contributed by atoms with van der Waals surface area (Å²) in [6.45, 7) is 1.09. The number of hydrogen-bond acceptors (Lipinski definition) is 5. The first-order chi connectivity index (χ1) is 14.1. The maximum absolute atomic E-state index is 13.7. The van der Waals surface area contributed by atoms with Gasteiger partial charge in [-0.1, -0.05) is 36.0 Å². The quantitative estimate of drug-likeness (QED) is 0.495. The van der Waals surface area contributed by atoms with Crippen molar-refractivity contribution in [2.45, 2.75) is 30.6 Å². The van der Waals surface area contributed by atoms with E-state index in [0.717, 1.165) is 24.6 Å². The van der Waals surface area contributed by atoms with Crippen molar-refractivity contribution in [2.75, 3.05) is 17.7 Å². The third kappa shape index (κ3) is 4.49. The summed E-state index contributed by atoms with van der Waals surface area (Å²) in [5, 5.41) is 3.53. The molecule has 0 spiro atoms. The average molecular weight is 413 g/mol. The molecule has 1 saturated heterocycles. The van der Waals surface area contributed by atoms with Gasteiger partial charge in [-0.15, -0.1) is 0 Å². The predicted molar refractivity (Wildman–Crippen MR) is 111 cm³/mol. The number of thioether (sulfide) groups is 1. The van der Waals surface area contributed by atoms with Gasteiger partial charge >= 0.3 is 0 Å². The number of fused-ring (bicyclic) bond motifs is 1. The van der Waals surface area contributed by atoms with E-state index in [1.807, 2.05) is 6.07 Å². The van der Waals surface area contributed by atoms with Crippen LogP contribution in [0.25, 0.3) is 10.9 Å². The van der Waals surface area contributed by atoms with Crippen molar-refractivity contribution in [3.8, 4) is 0 Å². The fourth-order valence-electron chi connectivity index (χ4n) is 3.29. The van der Waals surface area contributed by atoms with Crippen LogP contribution < -0.4 is 10.9 Å². The zero-order chi connectivity index (χ0) is 20.2. The Morgan fingerprint density at radius 3 is 2.83 bits per heavy atom. The molecule has 1 amide bonds. The number of hydrogen-bond donors (Lipinski definition) is 1. The first kappa shape index (κ1) is 19.6. The lowest BCUT2D eigenvalue weighted by atomic mass is 10.2. The molecule has 1 unspecified atom stereocenters. The smallest absolute Gasteiger partial charge is 0.262 e. The number of carbonyl (C=O) groups is 1. The Morgan fingerprint density at radius 1 is 1.24 bits per heavy atom. The van der Waals surface area contributed by atoms with Crippen molar-refractivity contribution >= 4 is 34.3 Å². The molecule has 1 N–H and O–H groups in total. The Hall–Kier alpha value is -2.71. The van der Waals surface area contributed by atoms with Crippen molar-refractivity contribution < 1.29 is 13.9 Å². The fourth-order valence-corrected chi connectivity index (χ4v) is 4.10. The molecular weight excluding hydrogens is 393 g/mol. The van der Waals surface area contributed by atoms with Crippen LogP contribution in [0.5, 0.6) is 0 Å². The van der Waals surface area contributed by atoms with E-state index in [4.69, 9.17) is 4.74 Å². The Bertz CT molecular complexity index is 1100. The maximum Gasteiger partial charge on any atom is 0.262 e. The first-order valence-corrected chi connectivity index (χ1v) is 10.4. The number of halogens is 1. The molecule has 0 aliphatic carbocycles. The number of benzene rings is 2. The van der Waals surface area contributed by atoms with Crippen molar-refractivity contribution in [3.05, 3.63) is 64.7 Å². The monoisotopic (exact) mass is 413 g/mol. The summed E-state index contributed by atoms with van der Waals surface area (Å²) in [5.74, 6) is -0.860. The van der Waals surface area contributed by atoms with Crippen LogP contribution >= 0.6 is 11.8 Å². The van der Waals surface area contributed by atoms with E-state index in [1.54, 1.807) is 34.9 Å². The lowest BCUT2D eigenvalue weighted by Crippen LogP contribution is -2.29. The number of carbonyl (C=O) groups excluding carboxylic acids is 1. The van der Waals surface area contributed by atoms with Crippen LogP contribution in [0.4, 0.5) is 10.1 Å². The highest BCUT2D eigenvalue weighted by molar-refractivity contribution is 7.99. The molecular formula is C21H20FN3O3S. The second-order valence-electron chi connectivity index (χ2n) is 6.78. The standard InChI is InChI=1S/C21H20FN3O3S/c22-16-8-2-4-10-18(16)23-19(26)13-29-21-24-17-9-3-1-7-15(17)20(27)25(21)12-14-6-5-11-28-14/h1-4,7-10,14H,5-6,11-13H2,(H,23,26). The number of ether oxygens (including phenoxy) is 1. The van der Waals surface area contributed by atoms with Crippen LogP contribution in [0, 0.1) is 5.82 Å². The van der Waals surface area contributed by atoms with E-state index >= 15 is 0 Å². The predicted octanol–water partition coefficient (Wildman–Crippen LogP) is 3.45. The molecule has 1 aliphatic rings. The van der Waals surface area contributed by atoms with Crippen molar-refractivity contribution in [2.24, 2.45) is 0 Å². The zero-order valence-electron chi connectivity index (χ0n) is 15.6. The van der Waals surface area contributed by atoms with Gasteiger partial charge in [-0.3, -0.25) is 14.2 Å². The highest BCUT2D eigenvalue weighted by atomic mass is 32.2. The van der Waals surface area contributed by atoms with Crippen LogP contribution in [0.3, 0.4) is 0 Å². The van der Waals surface area contributed by atoms with Gasteiger partial charge in [0.15, 0.2) is 5.16 Å². The van der Waals surface area contributed by atoms with E-state index in [-0.39, 0.29) is 29.0 Å². The number of anilines is 1. The van der Waals surface area contributed by atoms with Crippen LogP contribution in [0.2, 0.25) is 0 Å². The van der Waals surface area contributed by atoms with Gasteiger partial charge in [0.2, 0.25) is 5.91 Å². The molecule has 29 heavy (non-hydrogen) atoms. The van der Waals surface area contributed by atoms with Crippen LogP contribution in [-0.2, 0) is 16.1 Å². The largest absolute Gasteiger partial charge is 0.376 e. The molecule has 2 aromatic carbocycles. The van der Waals surface area contributed by atoms with Gasteiger partial charge in [-0.2, -0.15) is 0 Å². The van der Waals surface area contributed by atoms with Crippen molar-refractivity contribution in [1.29, 1.82) is 0 Å². The third-order valence-corrected chi connectivity index (χ3v) is 5.69. The van der Waals surface area contributed by atoms with Gasteiger partial charge in [0, 0.05) is 6.61 Å². The van der Waals surface area contributed by atoms with Gasteiger partial charge in [0.25, 0.3) is 5.56 Å². The van der Waals surface area contributed by atoms with Gasteiger partial charge < -0.3 is 10.1 Å². The zero-order valence-corrected chi connectivity index (χ0v) is 16.5. The third-order valence-electron chi connectivity index (χ3n) is 4.72. The van der Waals surface area contributed by atoms with Gasteiger partial charge in [-0.25, -0.2) is 9.37 Å². The number of amides is 1. The Kier molecular flexibility index (Phi) is 5.92. The average Bonchev–Trinajstić information content (AvgIpc) is 3.24. The normalized spacial score (nSPS) is 16.2. The van der Waals surface area contributed by atoms with E-state index in [0.29, 0.717) is 29.2 Å². The van der Waals surface area contributed by atoms with Gasteiger partial charge in [-0.05, 0) is 37.1 Å². The molecule has 0 saturated carbocycles. The van der Waals surface area contributed by atoms with E-state index in [2.05, 4.69) is 10.3 Å². The molecule has 150 valence electrons. The Morgan fingerprint density at radius 2 is 2.03 bits per heavy atom. The molecule has 1 atom stereocenters. The minimum absolute atomic E-state index is 0.00460. The van der Waals surface area contributed by atoms with Crippen molar-refractivity contribution in [1.82, 2.24) is 9.55 Å². The molecule has 0 radical (unpaired) electrons. The number of nitrogens with zero attached hydrogens (tertiary/aromatic N) is 2. The van der Waals surface area contributed by atoms with Gasteiger partial charge in [0.05, 0.1) is 35.0 Å². The molecule has 0 bridgehead atoms. The molecule has 6 nitrogen and oxygen atoms in total. The minimum atomic E-state index is -0.495. The molecule has 1 fully saturated rings. The number of rotatable bonds is 6. The minimum Gasteiger partial charge on any atom is -0.376 e. The summed E-state index contributed by atoms with van der Waals surface area (Å²) in [6.07, 6.45) is 1.81. The second-order valence-corrected chi connectivity index (χ2v) is 7.72. The Labute approximate surface area is 171 Å². The maximum atomic E-state index is 13.7. The highest BCUT2D eigenvalue weighted by Crippen LogP contribution is 2.21. The summed E-state index contributed by atoms with van der Waals surface area (Å²) in [5.41, 5.74) is 0.558. The lowest BCUT2D eigenvalue weighted by molar-refractivity contribution is -0.113. The van der Waals surface area contributed by atoms with Crippen LogP contribution in [0.15, 0.2) is 58.5 Å². The Balaban J connectivity index is 1.57. The van der Waals surface area contributed by atoms with E-state index in [1.165, 1.54) is 12.1 Å². The first-order valence-electron chi connectivity index (χ1n) is 9.40. The lowest BCUT2D eigenvalue weighted by Gasteiger charge is -2.16. The summed E-state index contributed by atoms with van der Waals surface area (Å²) >= 11 is 1.15. The fraction of sp³-hybridized carbons (Fsp3) is 0.286. The number of para-hydroxylation sites is 2. The summed E-state index contributed by atoms with van der Waals surface area (Å²) in [7, 11) is 0. The van der Waals surface area contributed by atoms with Gasteiger partial charge in [0.1, 0.15) is 5.82 Å². The molecule has 8 heteroatoms. The number of aromatic nitrogens is 2. The van der Waals surface area contributed by atoms with Crippen molar-refractivity contribution in [3.63, 3.8) is 0 Å². The summed E-state index contributed by atoms with van der Waals surface area (Å²) in [6, 6.07) is 13.1. The topological polar surface area (TPSA) is 73.2 Å². The van der Waals surface area contributed by atoms with Crippen LogP contribution in [0.1, 0.15) is 12.8 Å². The molecule has 1 aromatic heterocycles. The molecule has 4 rings (SSSR count). The van der Waals surface area contributed by atoms with Crippen LogP contribution in [-0.4, -0.2) is 33.9 Å². The second kappa shape index (κ2) is 8.75. The highest BCUT2D eigenvalue weighted by Gasteiger charge is 2.20. The molecule has 2 heterocycles. The van der Waals surface area contributed by atoms with E-state index in [9.17, 15) is 14.0 Å². The summed E-state index contributed by atoms with van der Waals surface area (Å²) < 4.78 is 21.0.